The Morgan fingerprint density at radius 2 is 1.88 bits per heavy atom. The van der Waals surface area contributed by atoms with E-state index in [-0.39, 0.29) is 0 Å². The average molecular weight is 254 g/mol. The predicted molar refractivity (Wildman–Crippen MR) is 67.4 cm³/mol. The second kappa shape index (κ2) is 5.16. The van der Waals surface area contributed by atoms with Gasteiger partial charge in [-0.3, -0.25) is 0 Å². The van der Waals surface area contributed by atoms with Gasteiger partial charge in [-0.25, -0.2) is 8.42 Å². The second-order valence-electron chi connectivity index (χ2n) is 4.12. The molecular formula is C12H18N2O2S. The molecule has 1 aromatic rings. The highest BCUT2D eigenvalue weighted by Gasteiger charge is 2.27. The molecule has 0 amide bonds. The first kappa shape index (κ1) is 12.5. The third kappa shape index (κ3) is 2.51. The molecule has 1 aliphatic rings. The van der Waals surface area contributed by atoms with Gasteiger partial charge in [-0.1, -0.05) is 25.1 Å². The molecule has 0 unspecified atom stereocenters. The van der Waals surface area contributed by atoms with Gasteiger partial charge in [0.2, 0.25) is 10.0 Å². The molecule has 0 radical (unpaired) electrons. The SMILES string of the molecule is CCc1ccccc1S(=O)(=O)N1CCNCC1. The van der Waals surface area contributed by atoms with Crippen molar-refractivity contribution in [2.24, 2.45) is 0 Å². The summed E-state index contributed by atoms with van der Waals surface area (Å²) < 4.78 is 26.5. The van der Waals surface area contributed by atoms with E-state index in [0.29, 0.717) is 18.0 Å². The molecule has 1 aliphatic heterocycles. The molecule has 2 rings (SSSR count). The Morgan fingerprint density at radius 3 is 2.53 bits per heavy atom. The Hall–Kier alpha value is -0.910. The van der Waals surface area contributed by atoms with E-state index in [0.717, 1.165) is 25.1 Å². The van der Waals surface area contributed by atoms with E-state index in [4.69, 9.17) is 0 Å². The molecule has 0 atom stereocenters. The Labute approximate surface area is 103 Å². The molecule has 94 valence electrons. The second-order valence-corrected chi connectivity index (χ2v) is 6.02. The van der Waals surface area contributed by atoms with Crippen LogP contribution < -0.4 is 5.32 Å². The fourth-order valence-electron chi connectivity index (χ4n) is 2.07. The number of hydrogen-bond donors (Lipinski definition) is 1. The minimum atomic E-state index is -3.31. The summed E-state index contributed by atoms with van der Waals surface area (Å²) in [6, 6.07) is 7.26. The molecule has 5 heteroatoms. The lowest BCUT2D eigenvalue weighted by Gasteiger charge is -2.27. The van der Waals surface area contributed by atoms with E-state index in [1.54, 1.807) is 16.4 Å². The minimum Gasteiger partial charge on any atom is -0.314 e. The largest absolute Gasteiger partial charge is 0.314 e. The number of sulfonamides is 1. The standard InChI is InChI=1S/C12H18N2O2S/c1-2-11-5-3-4-6-12(11)17(15,16)14-9-7-13-8-10-14/h3-6,13H,2,7-10H2,1H3. The van der Waals surface area contributed by atoms with Crippen LogP contribution >= 0.6 is 0 Å². The van der Waals surface area contributed by atoms with Crippen molar-refractivity contribution >= 4 is 10.0 Å². The maximum absolute atomic E-state index is 12.5. The van der Waals surface area contributed by atoms with Gasteiger partial charge < -0.3 is 5.32 Å². The summed E-state index contributed by atoms with van der Waals surface area (Å²) >= 11 is 0. The zero-order valence-electron chi connectivity index (χ0n) is 10.0. The summed E-state index contributed by atoms with van der Waals surface area (Å²) in [6.07, 6.45) is 0.738. The number of hydrogen-bond acceptors (Lipinski definition) is 3. The van der Waals surface area contributed by atoms with Crippen molar-refractivity contribution in [1.82, 2.24) is 9.62 Å². The van der Waals surface area contributed by atoms with E-state index in [1.165, 1.54) is 0 Å². The first-order valence-corrected chi connectivity index (χ1v) is 7.39. The van der Waals surface area contributed by atoms with Gasteiger partial charge in [0.1, 0.15) is 0 Å². The molecule has 17 heavy (non-hydrogen) atoms. The summed E-state index contributed by atoms with van der Waals surface area (Å²) in [5.41, 5.74) is 0.894. The lowest BCUT2D eigenvalue weighted by molar-refractivity contribution is 0.360. The maximum Gasteiger partial charge on any atom is 0.243 e. The van der Waals surface area contributed by atoms with Gasteiger partial charge in [-0.2, -0.15) is 4.31 Å². The predicted octanol–water partition coefficient (Wildman–Crippen LogP) is 0.843. The molecule has 0 aliphatic carbocycles. The summed E-state index contributed by atoms with van der Waals surface area (Å²) in [4.78, 5) is 0.462. The van der Waals surface area contributed by atoms with E-state index in [1.807, 2.05) is 19.1 Å². The van der Waals surface area contributed by atoms with Crippen molar-refractivity contribution in [2.75, 3.05) is 26.2 Å². The van der Waals surface area contributed by atoms with Crippen LogP contribution in [0.15, 0.2) is 29.2 Å². The van der Waals surface area contributed by atoms with E-state index >= 15 is 0 Å². The maximum atomic E-state index is 12.5. The molecule has 0 aromatic heterocycles. The Balaban J connectivity index is 2.36. The zero-order valence-corrected chi connectivity index (χ0v) is 10.8. The van der Waals surface area contributed by atoms with Gasteiger partial charge in [0.25, 0.3) is 0 Å². The first-order chi connectivity index (χ1) is 8.16. The molecule has 4 nitrogen and oxygen atoms in total. The van der Waals surface area contributed by atoms with Gasteiger partial charge in [0.15, 0.2) is 0 Å². The summed E-state index contributed by atoms with van der Waals surface area (Å²) in [7, 11) is -3.31. The van der Waals surface area contributed by atoms with Crippen LogP contribution in [0.2, 0.25) is 0 Å². The van der Waals surface area contributed by atoms with Gasteiger partial charge in [0.05, 0.1) is 4.90 Å². The average Bonchev–Trinajstić information content (AvgIpc) is 2.39. The molecule has 1 N–H and O–H groups in total. The lowest BCUT2D eigenvalue weighted by atomic mass is 10.2. The summed E-state index contributed by atoms with van der Waals surface area (Å²) in [5.74, 6) is 0. The molecule has 1 saturated heterocycles. The van der Waals surface area contributed by atoms with Crippen LogP contribution in [0.4, 0.5) is 0 Å². The van der Waals surface area contributed by atoms with Crippen molar-refractivity contribution in [2.45, 2.75) is 18.2 Å². The third-order valence-corrected chi connectivity index (χ3v) is 5.05. The molecule has 1 aromatic carbocycles. The molecule has 1 fully saturated rings. The van der Waals surface area contributed by atoms with Crippen LogP contribution in [-0.2, 0) is 16.4 Å². The first-order valence-electron chi connectivity index (χ1n) is 5.95. The van der Waals surface area contributed by atoms with Crippen molar-refractivity contribution in [3.8, 4) is 0 Å². The number of piperazine rings is 1. The van der Waals surface area contributed by atoms with Gasteiger partial charge >= 0.3 is 0 Å². The smallest absolute Gasteiger partial charge is 0.243 e. The van der Waals surface area contributed by atoms with Crippen LogP contribution in [-0.4, -0.2) is 38.9 Å². The van der Waals surface area contributed by atoms with E-state index in [9.17, 15) is 8.42 Å². The number of benzene rings is 1. The third-order valence-electron chi connectivity index (χ3n) is 3.05. The van der Waals surface area contributed by atoms with Crippen LogP contribution in [0.3, 0.4) is 0 Å². The number of aryl methyl sites for hydroxylation is 1. The normalized spacial score (nSPS) is 18.2. The van der Waals surface area contributed by atoms with Crippen molar-refractivity contribution in [1.29, 1.82) is 0 Å². The molecule has 0 spiro atoms. The number of nitrogens with one attached hydrogen (secondary N) is 1. The zero-order chi connectivity index (χ0) is 12.3. The Bertz CT molecular complexity index is 479. The van der Waals surface area contributed by atoms with Crippen LogP contribution in [0, 0.1) is 0 Å². The van der Waals surface area contributed by atoms with Gasteiger partial charge in [0, 0.05) is 26.2 Å². The molecule has 0 saturated carbocycles. The monoisotopic (exact) mass is 254 g/mol. The highest BCUT2D eigenvalue weighted by atomic mass is 32.2. The van der Waals surface area contributed by atoms with Crippen LogP contribution in [0.5, 0.6) is 0 Å². The fourth-order valence-corrected chi connectivity index (χ4v) is 3.81. The number of rotatable bonds is 3. The van der Waals surface area contributed by atoms with Crippen molar-refractivity contribution in [3.05, 3.63) is 29.8 Å². The van der Waals surface area contributed by atoms with Gasteiger partial charge in [-0.05, 0) is 18.1 Å². The molecule has 0 bridgehead atoms. The lowest BCUT2D eigenvalue weighted by Crippen LogP contribution is -2.46. The molecule has 1 heterocycles. The Kier molecular flexibility index (Phi) is 3.81. The van der Waals surface area contributed by atoms with Gasteiger partial charge in [-0.15, -0.1) is 0 Å². The topological polar surface area (TPSA) is 49.4 Å². The quantitative estimate of drug-likeness (QED) is 0.869. The number of nitrogens with zero attached hydrogens (tertiary/aromatic N) is 1. The van der Waals surface area contributed by atoms with Crippen molar-refractivity contribution < 1.29 is 8.42 Å². The summed E-state index contributed by atoms with van der Waals surface area (Å²) in [5, 5.41) is 3.16. The van der Waals surface area contributed by atoms with Crippen molar-refractivity contribution in [3.63, 3.8) is 0 Å². The fraction of sp³-hybridized carbons (Fsp3) is 0.500. The molecular weight excluding hydrogens is 236 g/mol. The van der Waals surface area contributed by atoms with Crippen LogP contribution in [0.25, 0.3) is 0 Å². The Morgan fingerprint density at radius 1 is 1.24 bits per heavy atom. The highest BCUT2D eigenvalue weighted by molar-refractivity contribution is 7.89. The summed E-state index contributed by atoms with van der Waals surface area (Å²) in [6.45, 7) is 4.55. The highest BCUT2D eigenvalue weighted by Crippen LogP contribution is 2.20. The van der Waals surface area contributed by atoms with E-state index in [2.05, 4.69) is 5.32 Å². The van der Waals surface area contributed by atoms with E-state index < -0.39 is 10.0 Å². The van der Waals surface area contributed by atoms with Crippen LogP contribution in [0.1, 0.15) is 12.5 Å². The minimum absolute atomic E-state index is 0.462.